The predicted octanol–water partition coefficient (Wildman–Crippen LogP) is 3.36. The van der Waals surface area contributed by atoms with E-state index in [0.717, 1.165) is 19.5 Å². The topological polar surface area (TPSA) is 115 Å². The standard InChI is InChI=1S/C29H36N4O5S/c1-19(2)16-32-12-13-38-18-21-17-33(11-10-26(21)32)28-24-14-20(29(30)34)4-9-25(24)31-15-27(28)39(35,36)23-7-5-22(37-3)6-8-23/h4-9,14-15,19,21,26H,10-13,16-18H2,1-3H3,(H2,30,34). The van der Waals surface area contributed by atoms with Crippen LogP contribution >= 0.6 is 0 Å². The summed E-state index contributed by atoms with van der Waals surface area (Å²) in [7, 11) is -2.41. The SMILES string of the molecule is COc1ccc(S(=O)(=O)c2cnc3ccc(C(N)=O)cc3c2N2CCC3C(COCCN3CC(C)C)C2)cc1. The Balaban J connectivity index is 1.62. The average molecular weight is 553 g/mol. The van der Waals surface area contributed by atoms with Crippen LogP contribution in [0.5, 0.6) is 5.75 Å². The first-order valence-electron chi connectivity index (χ1n) is 13.4. The van der Waals surface area contributed by atoms with Crippen molar-refractivity contribution in [2.24, 2.45) is 17.6 Å². The molecule has 1 amide bonds. The number of fused-ring (bicyclic) bond motifs is 2. The molecule has 0 aliphatic carbocycles. The van der Waals surface area contributed by atoms with Crippen LogP contribution in [0.25, 0.3) is 10.9 Å². The van der Waals surface area contributed by atoms with Gasteiger partial charge in [-0.15, -0.1) is 0 Å². The Kier molecular flexibility index (Phi) is 7.80. The van der Waals surface area contributed by atoms with E-state index in [4.69, 9.17) is 15.2 Å². The largest absolute Gasteiger partial charge is 0.497 e. The van der Waals surface area contributed by atoms with E-state index >= 15 is 0 Å². The summed E-state index contributed by atoms with van der Waals surface area (Å²) < 4.78 is 39.3. The van der Waals surface area contributed by atoms with Crippen molar-refractivity contribution in [3.05, 3.63) is 54.2 Å². The maximum atomic E-state index is 14.0. The highest BCUT2D eigenvalue weighted by Crippen LogP contribution is 2.39. The number of methoxy groups -OCH3 is 1. The number of carbonyl (C=O) groups excluding carboxylic acids is 1. The van der Waals surface area contributed by atoms with Crippen molar-refractivity contribution in [2.45, 2.75) is 36.1 Å². The van der Waals surface area contributed by atoms with Gasteiger partial charge in [0.05, 0.1) is 36.4 Å². The molecule has 39 heavy (non-hydrogen) atoms. The molecule has 2 saturated heterocycles. The van der Waals surface area contributed by atoms with E-state index in [1.807, 2.05) is 0 Å². The number of benzene rings is 2. The van der Waals surface area contributed by atoms with Gasteiger partial charge in [0.15, 0.2) is 0 Å². The van der Waals surface area contributed by atoms with E-state index in [9.17, 15) is 13.2 Å². The summed E-state index contributed by atoms with van der Waals surface area (Å²) in [4.78, 5) is 21.5. The van der Waals surface area contributed by atoms with Crippen LogP contribution in [-0.4, -0.2) is 76.8 Å². The van der Waals surface area contributed by atoms with Gasteiger partial charge in [0, 0.05) is 55.3 Å². The van der Waals surface area contributed by atoms with Gasteiger partial charge in [0.25, 0.3) is 0 Å². The zero-order chi connectivity index (χ0) is 27.7. The van der Waals surface area contributed by atoms with Crippen LogP contribution in [0.2, 0.25) is 0 Å². The molecule has 208 valence electrons. The third kappa shape index (κ3) is 5.46. The molecule has 2 aliphatic heterocycles. The molecule has 3 aromatic rings. The smallest absolute Gasteiger partial charge is 0.248 e. The molecule has 2 atom stereocenters. The van der Waals surface area contributed by atoms with Gasteiger partial charge in [-0.05, 0) is 54.8 Å². The fourth-order valence-corrected chi connectivity index (χ4v) is 7.30. The van der Waals surface area contributed by atoms with Crippen molar-refractivity contribution >= 4 is 32.3 Å². The van der Waals surface area contributed by atoms with Crippen molar-refractivity contribution in [2.75, 3.05) is 51.4 Å². The number of sulfone groups is 1. The van der Waals surface area contributed by atoms with Crippen molar-refractivity contribution < 1.29 is 22.7 Å². The van der Waals surface area contributed by atoms with Gasteiger partial charge >= 0.3 is 0 Å². The van der Waals surface area contributed by atoms with Crippen LogP contribution in [0.4, 0.5) is 5.69 Å². The summed E-state index contributed by atoms with van der Waals surface area (Å²) in [5, 5.41) is 0.591. The molecule has 0 radical (unpaired) electrons. The molecule has 2 unspecified atom stereocenters. The number of hydrogen-bond donors (Lipinski definition) is 1. The quantitative estimate of drug-likeness (QED) is 0.475. The number of pyridine rings is 1. The first-order valence-corrected chi connectivity index (χ1v) is 14.9. The normalized spacial score (nSPS) is 20.6. The molecule has 2 fully saturated rings. The van der Waals surface area contributed by atoms with E-state index in [0.29, 0.717) is 66.2 Å². The molecule has 1 aromatic heterocycles. The first kappa shape index (κ1) is 27.4. The van der Waals surface area contributed by atoms with E-state index in [2.05, 4.69) is 28.6 Å². The van der Waals surface area contributed by atoms with Gasteiger partial charge < -0.3 is 20.1 Å². The molecule has 0 bridgehead atoms. The lowest BCUT2D eigenvalue weighted by atomic mass is 9.90. The number of hydrogen-bond acceptors (Lipinski definition) is 8. The number of amides is 1. The number of nitrogens with two attached hydrogens (primary N) is 1. The van der Waals surface area contributed by atoms with E-state index in [1.54, 1.807) is 30.3 Å². The van der Waals surface area contributed by atoms with E-state index in [1.165, 1.54) is 25.4 Å². The number of carbonyl (C=O) groups is 1. The lowest BCUT2D eigenvalue weighted by Gasteiger charge is -2.44. The molecule has 10 heteroatoms. The lowest BCUT2D eigenvalue weighted by Crippen LogP contribution is -2.52. The summed E-state index contributed by atoms with van der Waals surface area (Å²) >= 11 is 0. The van der Waals surface area contributed by atoms with Crippen molar-refractivity contribution in [3.8, 4) is 5.75 Å². The van der Waals surface area contributed by atoms with Gasteiger partial charge in [0.1, 0.15) is 10.6 Å². The second kappa shape index (κ2) is 11.1. The van der Waals surface area contributed by atoms with Gasteiger partial charge in [-0.2, -0.15) is 0 Å². The van der Waals surface area contributed by atoms with Crippen molar-refractivity contribution in [1.82, 2.24) is 9.88 Å². The number of nitrogens with zero attached hydrogens (tertiary/aromatic N) is 3. The molecule has 0 saturated carbocycles. The van der Waals surface area contributed by atoms with Gasteiger partial charge in [-0.3, -0.25) is 14.7 Å². The molecule has 2 aromatic carbocycles. The zero-order valence-corrected chi connectivity index (χ0v) is 23.5. The highest BCUT2D eigenvalue weighted by molar-refractivity contribution is 7.91. The third-order valence-electron chi connectivity index (χ3n) is 7.68. The molecule has 5 rings (SSSR count). The Morgan fingerprint density at radius 1 is 1.18 bits per heavy atom. The number of ether oxygens (including phenoxy) is 2. The Morgan fingerprint density at radius 2 is 1.95 bits per heavy atom. The lowest BCUT2D eigenvalue weighted by molar-refractivity contribution is 0.100. The number of rotatable bonds is 7. The van der Waals surface area contributed by atoms with E-state index in [-0.39, 0.29) is 15.7 Å². The van der Waals surface area contributed by atoms with E-state index < -0.39 is 15.7 Å². The monoisotopic (exact) mass is 552 g/mol. The van der Waals surface area contributed by atoms with Crippen molar-refractivity contribution in [1.29, 1.82) is 0 Å². The maximum Gasteiger partial charge on any atom is 0.248 e. The molecule has 2 aliphatic rings. The average Bonchev–Trinajstić information content (AvgIpc) is 3.13. The fourth-order valence-electron chi connectivity index (χ4n) is 5.86. The minimum atomic E-state index is -3.95. The highest BCUT2D eigenvalue weighted by Gasteiger charge is 2.37. The Labute approximate surface area is 229 Å². The number of piperidine rings is 1. The first-order chi connectivity index (χ1) is 18.7. The van der Waals surface area contributed by atoms with Crippen LogP contribution in [0, 0.1) is 11.8 Å². The highest BCUT2D eigenvalue weighted by atomic mass is 32.2. The second-order valence-corrected chi connectivity index (χ2v) is 12.7. The number of aromatic nitrogens is 1. The van der Waals surface area contributed by atoms with Crippen LogP contribution in [-0.2, 0) is 14.6 Å². The molecular weight excluding hydrogens is 516 g/mol. The molecule has 9 nitrogen and oxygen atoms in total. The molecule has 0 spiro atoms. The Morgan fingerprint density at radius 3 is 2.64 bits per heavy atom. The fraction of sp³-hybridized carbons (Fsp3) is 0.448. The zero-order valence-electron chi connectivity index (χ0n) is 22.7. The minimum absolute atomic E-state index is 0.105. The van der Waals surface area contributed by atoms with Crippen LogP contribution in [0.15, 0.2) is 58.5 Å². The second-order valence-electron chi connectivity index (χ2n) is 10.8. The minimum Gasteiger partial charge on any atom is -0.497 e. The summed E-state index contributed by atoms with van der Waals surface area (Å²) in [6.07, 6.45) is 2.31. The maximum absolute atomic E-state index is 14.0. The summed E-state index contributed by atoms with van der Waals surface area (Å²) in [6.45, 7) is 8.96. The molecule has 2 N–H and O–H groups in total. The van der Waals surface area contributed by atoms with Crippen LogP contribution < -0.4 is 15.4 Å². The number of anilines is 1. The van der Waals surface area contributed by atoms with Crippen molar-refractivity contribution in [3.63, 3.8) is 0 Å². The van der Waals surface area contributed by atoms with Gasteiger partial charge in [-0.1, -0.05) is 13.8 Å². The Hall–Kier alpha value is -3.21. The summed E-state index contributed by atoms with van der Waals surface area (Å²) in [5.74, 6) is 0.739. The predicted molar refractivity (Wildman–Crippen MR) is 150 cm³/mol. The van der Waals surface area contributed by atoms with Gasteiger partial charge in [-0.25, -0.2) is 8.42 Å². The molecular formula is C29H36N4O5S. The third-order valence-corrected chi connectivity index (χ3v) is 9.45. The Bertz CT molecular complexity index is 1460. The molecule has 3 heterocycles. The van der Waals surface area contributed by atoms with Crippen LogP contribution in [0.1, 0.15) is 30.6 Å². The summed E-state index contributed by atoms with van der Waals surface area (Å²) in [6, 6.07) is 11.7. The van der Waals surface area contributed by atoms with Gasteiger partial charge in [0.2, 0.25) is 15.7 Å². The van der Waals surface area contributed by atoms with Crippen LogP contribution in [0.3, 0.4) is 0 Å². The number of primary amides is 1. The summed E-state index contributed by atoms with van der Waals surface area (Å²) in [5.41, 5.74) is 7.07.